The number of nitrogens with one attached hydrogen (secondary N) is 1. The Labute approximate surface area is 140 Å². The molecule has 0 saturated heterocycles. The molecule has 24 heavy (non-hydrogen) atoms. The number of nitro benzene ring substituents is 1. The Hall–Kier alpha value is -2.90. The maximum Gasteiger partial charge on any atom is 0.294 e. The van der Waals surface area contributed by atoms with Crippen LogP contribution in [0.3, 0.4) is 0 Å². The van der Waals surface area contributed by atoms with Gasteiger partial charge in [0, 0.05) is 6.07 Å². The number of anilines is 2. The highest BCUT2D eigenvalue weighted by Gasteiger charge is 2.16. The van der Waals surface area contributed by atoms with Gasteiger partial charge in [-0.25, -0.2) is 9.13 Å². The van der Waals surface area contributed by atoms with Crippen LogP contribution in [0, 0.1) is 10.1 Å². The van der Waals surface area contributed by atoms with Gasteiger partial charge in [0.15, 0.2) is 0 Å². The first-order valence-corrected chi connectivity index (χ1v) is 7.88. The predicted octanol–water partition coefficient (Wildman–Crippen LogP) is 2.09. The monoisotopic (exact) mass is 332 g/mol. The van der Waals surface area contributed by atoms with Crippen molar-refractivity contribution in [1.82, 2.24) is 4.57 Å². The van der Waals surface area contributed by atoms with Crippen molar-refractivity contribution in [3.63, 3.8) is 0 Å². The molecule has 0 aliphatic heterocycles. The third-order valence-electron chi connectivity index (χ3n) is 3.67. The molecular formula is C16H22N5O3+. The van der Waals surface area contributed by atoms with Gasteiger partial charge in [-0.1, -0.05) is 19.4 Å². The van der Waals surface area contributed by atoms with Crippen molar-refractivity contribution in [1.29, 1.82) is 0 Å². The number of nitrogens with zero attached hydrogens (tertiary/aromatic N) is 3. The molecule has 3 N–H and O–H groups in total. The second kappa shape index (κ2) is 8.09. The van der Waals surface area contributed by atoms with Gasteiger partial charge in [0.2, 0.25) is 12.2 Å². The van der Waals surface area contributed by atoms with E-state index in [1.54, 1.807) is 6.07 Å². The molecule has 0 atom stereocenters. The molecule has 128 valence electrons. The van der Waals surface area contributed by atoms with Crippen molar-refractivity contribution < 1.29 is 14.3 Å². The number of benzene rings is 1. The van der Waals surface area contributed by atoms with Gasteiger partial charge in [-0.15, -0.1) is 0 Å². The lowest BCUT2D eigenvalue weighted by Crippen LogP contribution is -2.30. The van der Waals surface area contributed by atoms with Crippen LogP contribution in [0.4, 0.5) is 17.1 Å². The number of nitrogens with two attached hydrogens (primary N) is 1. The zero-order valence-corrected chi connectivity index (χ0v) is 13.6. The fourth-order valence-electron chi connectivity index (χ4n) is 2.31. The van der Waals surface area contributed by atoms with E-state index < -0.39 is 4.92 Å². The van der Waals surface area contributed by atoms with Gasteiger partial charge in [-0.05, 0) is 12.5 Å². The third kappa shape index (κ3) is 4.55. The fourth-order valence-corrected chi connectivity index (χ4v) is 2.31. The van der Waals surface area contributed by atoms with Crippen molar-refractivity contribution in [3.05, 3.63) is 47.0 Å². The van der Waals surface area contributed by atoms with Gasteiger partial charge < -0.3 is 11.1 Å². The number of imidazole rings is 1. The molecule has 0 unspecified atom stereocenters. The van der Waals surface area contributed by atoms with E-state index in [1.807, 2.05) is 23.3 Å². The minimum Gasteiger partial charge on any atom is -0.391 e. The number of aryl methyl sites for hydroxylation is 2. The lowest BCUT2D eigenvalue weighted by atomic mass is 10.2. The quantitative estimate of drug-likeness (QED) is 0.334. The van der Waals surface area contributed by atoms with Crippen LogP contribution in [0.5, 0.6) is 0 Å². The zero-order valence-electron chi connectivity index (χ0n) is 13.6. The molecule has 8 nitrogen and oxygen atoms in total. The Morgan fingerprint density at radius 2 is 2.25 bits per heavy atom. The Morgan fingerprint density at radius 3 is 2.96 bits per heavy atom. The number of nitrogen functional groups attached to an aromatic ring is 1. The van der Waals surface area contributed by atoms with Gasteiger partial charge in [0.25, 0.3) is 5.69 Å². The number of carbonyl (C=O) groups excluding carboxylic acids is 1. The summed E-state index contributed by atoms with van der Waals surface area (Å²) in [6.07, 6.45) is 8.36. The first kappa shape index (κ1) is 17.5. The smallest absolute Gasteiger partial charge is 0.294 e. The number of carbonyl (C=O) groups is 1. The maximum absolute atomic E-state index is 12.0. The molecule has 0 saturated carbocycles. The summed E-state index contributed by atoms with van der Waals surface area (Å²) in [5.41, 5.74) is 5.74. The molecule has 1 aromatic heterocycles. The van der Waals surface area contributed by atoms with E-state index in [-0.39, 0.29) is 29.4 Å². The Bertz CT molecular complexity index is 726. The Morgan fingerprint density at radius 1 is 1.46 bits per heavy atom. The van der Waals surface area contributed by atoms with Gasteiger partial charge in [0.1, 0.15) is 18.1 Å². The average molecular weight is 332 g/mol. The van der Waals surface area contributed by atoms with E-state index in [0.29, 0.717) is 6.54 Å². The topological polar surface area (TPSA) is 107 Å². The molecule has 1 aromatic carbocycles. The fraction of sp³-hybridized carbons (Fsp3) is 0.375. The molecule has 2 aromatic rings. The van der Waals surface area contributed by atoms with Crippen LogP contribution in [0.2, 0.25) is 0 Å². The largest absolute Gasteiger partial charge is 0.391 e. The summed E-state index contributed by atoms with van der Waals surface area (Å²) in [6, 6.07) is 4.35. The molecule has 1 heterocycles. The molecule has 0 spiro atoms. The number of rotatable bonds is 8. The highest BCUT2D eigenvalue weighted by molar-refractivity contribution is 5.95. The SMILES string of the molecule is CCCC[n+]1ccn(CCC(=O)Nc2cccc([N+](=O)[O-])c2N)c1. The normalized spacial score (nSPS) is 10.5. The van der Waals surface area contributed by atoms with Crippen molar-refractivity contribution in [2.45, 2.75) is 39.3 Å². The van der Waals surface area contributed by atoms with E-state index in [0.717, 1.165) is 19.4 Å². The number of hydrogen-bond donors (Lipinski definition) is 2. The molecule has 1 amide bonds. The summed E-state index contributed by atoms with van der Waals surface area (Å²) >= 11 is 0. The molecule has 0 aliphatic rings. The van der Waals surface area contributed by atoms with Crippen LogP contribution in [0.25, 0.3) is 0 Å². The van der Waals surface area contributed by atoms with Crippen molar-refractivity contribution in [2.24, 2.45) is 0 Å². The van der Waals surface area contributed by atoms with Gasteiger partial charge in [-0.3, -0.25) is 14.9 Å². The number of nitro groups is 1. The molecule has 0 aliphatic carbocycles. The lowest BCUT2D eigenvalue weighted by Gasteiger charge is -2.07. The number of hydrogen-bond acceptors (Lipinski definition) is 4. The second-order valence-corrected chi connectivity index (χ2v) is 5.54. The molecule has 2 rings (SSSR count). The first-order chi connectivity index (χ1) is 11.5. The average Bonchev–Trinajstić information content (AvgIpc) is 3.00. The zero-order chi connectivity index (χ0) is 17.5. The van der Waals surface area contributed by atoms with E-state index in [1.165, 1.54) is 12.1 Å². The van der Waals surface area contributed by atoms with Crippen LogP contribution in [0.15, 0.2) is 36.9 Å². The highest BCUT2D eigenvalue weighted by Crippen LogP contribution is 2.28. The molecule has 8 heteroatoms. The number of amides is 1. The van der Waals surface area contributed by atoms with Gasteiger partial charge >= 0.3 is 0 Å². The van der Waals surface area contributed by atoms with Crippen molar-refractivity contribution >= 4 is 23.0 Å². The van der Waals surface area contributed by atoms with E-state index in [2.05, 4.69) is 16.8 Å². The first-order valence-electron chi connectivity index (χ1n) is 7.88. The lowest BCUT2D eigenvalue weighted by molar-refractivity contribution is -0.696. The van der Waals surface area contributed by atoms with E-state index >= 15 is 0 Å². The minimum atomic E-state index is -0.570. The summed E-state index contributed by atoms with van der Waals surface area (Å²) in [5, 5.41) is 13.5. The number of unbranched alkanes of at least 4 members (excludes halogenated alkanes) is 1. The van der Waals surface area contributed by atoms with Crippen molar-refractivity contribution in [2.75, 3.05) is 11.1 Å². The Balaban J connectivity index is 1.91. The van der Waals surface area contributed by atoms with Crippen LogP contribution in [-0.4, -0.2) is 15.4 Å². The van der Waals surface area contributed by atoms with Gasteiger partial charge in [0.05, 0.1) is 30.1 Å². The predicted molar refractivity (Wildman–Crippen MR) is 90.3 cm³/mol. The Kier molecular flexibility index (Phi) is 5.89. The maximum atomic E-state index is 12.0. The number of para-hydroxylation sites is 1. The molecule has 0 bridgehead atoms. The van der Waals surface area contributed by atoms with Crippen LogP contribution < -0.4 is 15.6 Å². The highest BCUT2D eigenvalue weighted by atomic mass is 16.6. The van der Waals surface area contributed by atoms with E-state index in [9.17, 15) is 14.9 Å². The molecular weight excluding hydrogens is 310 g/mol. The standard InChI is InChI=1S/C16H21N5O3/c1-2-3-8-19-10-11-20(12-19)9-7-15(22)18-13-5-4-6-14(16(13)17)21(23)24/h4-6,10-12H,2-3,7-9,17H2,1H3/p+1. The summed E-state index contributed by atoms with van der Waals surface area (Å²) in [4.78, 5) is 22.3. The molecule has 0 fully saturated rings. The summed E-state index contributed by atoms with van der Waals surface area (Å²) in [5.74, 6) is -0.240. The number of aromatic nitrogens is 2. The molecule has 0 radical (unpaired) electrons. The summed E-state index contributed by atoms with van der Waals surface area (Å²) in [7, 11) is 0. The van der Waals surface area contributed by atoms with Crippen molar-refractivity contribution in [3.8, 4) is 0 Å². The second-order valence-electron chi connectivity index (χ2n) is 5.54. The van der Waals surface area contributed by atoms with E-state index in [4.69, 9.17) is 5.73 Å². The van der Waals surface area contributed by atoms with Crippen LogP contribution in [-0.2, 0) is 17.9 Å². The third-order valence-corrected chi connectivity index (χ3v) is 3.67. The van der Waals surface area contributed by atoms with Crippen LogP contribution in [0.1, 0.15) is 26.2 Å². The minimum absolute atomic E-state index is 0.0331. The summed E-state index contributed by atoms with van der Waals surface area (Å²) in [6.45, 7) is 3.63. The summed E-state index contributed by atoms with van der Waals surface area (Å²) < 4.78 is 4.02. The van der Waals surface area contributed by atoms with Crippen LogP contribution >= 0.6 is 0 Å². The van der Waals surface area contributed by atoms with Gasteiger partial charge in [-0.2, -0.15) is 0 Å².